The Hall–Kier alpha value is -3.19. The van der Waals surface area contributed by atoms with E-state index in [0.717, 1.165) is 11.6 Å². The molecule has 1 aliphatic rings. The Morgan fingerprint density at radius 1 is 1.07 bits per heavy atom. The van der Waals surface area contributed by atoms with Crippen LogP contribution in [0.15, 0.2) is 59.0 Å². The number of aliphatic carboxylic acids is 2. The van der Waals surface area contributed by atoms with Crippen molar-refractivity contribution in [3.8, 4) is 0 Å². The molecule has 0 aliphatic heterocycles. The normalized spacial score (nSPS) is 26.7. The molecule has 1 aromatic carbocycles. The fraction of sp³-hybridized carbons (Fsp3) is 0.286. The molecule has 3 atom stereocenters. The smallest absolute Gasteiger partial charge is 0.336 e. The Kier molecular flexibility index (Phi) is 4.95. The minimum Gasteiger partial charge on any atom is -0.481 e. The van der Waals surface area contributed by atoms with E-state index in [-0.39, 0.29) is 5.76 Å². The van der Waals surface area contributed by atoms with Crippen molar-refractivity contribution in [3.05, 3.63) is 71.7 Å². The first-order chi connectivity index (χ1) is 13.2. The van der Waals surface area contributed by atoms with Gasteiger partial charge in [-0.1, -0.05) is 42.5 Å². The zero-order valence-corrected chi connectivity index (χ0v) is 15.2. The van der Waals surface area contributed by atoms with Crippen molar-refractivity contribution in [1.29, 1.82) is 0 Å². The average molecular weight is 384 g/mol. The van der Waals surface area contributed by atoms with E-state index in [1.807, 2.05) is 30.3 Å². The Bertz CT molecular complexity index is 943. The molecule has 3 rings (SSSR count). The third-order valence-electron chi connectivity index (χ3n) is 5.07. The first-order valence-electron chi connectivity index (χ1n) is 8.71. The molecule has 7 nitrogen and oxygen atoms in total. The molecule has 2 aromatic rings. The molecule has 0 saturated carbocycles. The Labute approximate surface area is 160 Å². The summed E-state index contributed by atoms with van der Waals surface area (Å²) < 4.78 is 5.57. The Balaban J connectivity index is 1.88. The zero-order chi connectivity index (χ0) is 20.5. The van der Waals surface area contributed by atoms with Crippen molar-refractivity contribution >= 4 is 17.7 Å². The van der Waals surface area contributed by atoms with Gasteiger partial charge in [-0.15, -0.1) is 0 Å². The minimum atomic E-state index is -2.55. The summed E-state index contributed by atoms with van der Waals surface area (Å²) in [4.78, 5) is 36.0. The lowest BCUT2D eigenvalue weighted by Crippen LogP contribution is -2.54. The number of carbonyl (C=O) groups excluding carboxylic acids is 1. The van der Waals surface area contributed by atoms with Gasteiger partial charge in [0.15, 0.2) is 11.4 Å². The summed E-state index contributed by atoms with van der Waals surface area (Å²) in [5.74, 6) is -4.67. The van der Waals surface area contributed by atoms with E-state index in [0.29, 0.717) is 12.2 Å². The number of furan rings is 1. The summed E-state index contributed by atoms with van der Waals surface area (Å²) in [6, 6.07) is 12.5. The van der Waals surface area contributed by atoms with Crippen molar-refractivity contribution < 1.29 is 34.1 Å². The van der Waals surface area contributed by atoms with Crippen LogP contribution in [0.3, 0.4) is 0 Å². The lowest BCUT2D eigenvalue weighted by atomic mass is 9.66. The van der Waals surface area contributed by atoms with Crippen molar-refractivity contribution in [2.45, 2.75) is 25.4 Å². The van der Waals surface area contributed by atoms with E-state index in [4.69, 9.17) is 4.42 Å². The van der Waals surface area contributed by atoms with Crippen LogP contribution in [0.5, 0.6) is 0 Å². The van der Waals surface area contributed by atoms with Crippen molar-refractivity contribution in [1.82, 2.24) is 0 Å². The molecule has 0 saturated heterocycles. The highest BCUT2D eigenvalue weighted by Crippen LogP contribution is 2.42. The molecular weight excluding hydrogens is 364 g/mol. The highest BCUT2D eigenvalue weighted by Gasteiger charge is 2.55. The molecule has 1 aliphatic carbocycles. The second-order valence-electron chi connectivity index (χ2n) is 7.26. The average Bonchev–Trinajstić information content (AvgIpc) is 3.10. The van der Waals surface area contributed by atoms with Gasteiger partial charge in [-0.2, -0.15) is 0 Å². The zero-order valence-electron chi connectivity index (χ0n) is 15.2. The van der Waals surface area contributed by atoms with Crippen molar-refractivity contribution in [2.24, 2.45) is 11.3 Å². The Morgan fingerprint density at radius 3 is 2.36 bits per heavy atom. The van der Waals surface area contributed by atoms with E-state index in [9.17, 15) is 29.7 Å². The number of rotatable bonds is 6. The molecule has 0 radical (unpaired) electrons. The lowest BCUT2D eigenvalue weighted by molar-refractivity contribution is -0.169. The van der Waals surface area contributed by atoms with Gasteiger partial charge in [0, 0.05) is 12.8 Å². The number of ketones is 1. The fourth-order valence-corrected chi connectivity index (χ4v) is 3.41. The number of carboxylic acids is 2. The van der Waals surface area contributed by atoms with Gasteiger partial charge >= 0.3 is 11.9 Å². The van der Waals surface area contributed by atoms with Gasteiger partial charge in [0.05, 0.1) is 11.3 Å². The SMILES string of the molecule is CC1(C(=O)O)C=CC(C(=O)c2ccc(Cc3ccccc3)o2)C(O)(C(=O)O)C1. The fourth-order valence-electron chi connectivity index (χ4n) is 3.41. The molecule has 0 bridgehead atoms. The van der Waals surface area contributed by atoms with Crippen LogP contribution in [0.1, 0.15) is 35.2 Å². The summed E-state index contributed by atoms with van der Waals surface area (Å²) >= 11 is 0. The molecule has 146 valence electrons. The van der Waals surface area contributed by atoms with Crippen molar-refractivity contribution in [3.63, 3.8) is 0 Å². The topological polar surface area (TPSA) is 125 Å². The summed E-state index contributed by atoms with van der Waals surface area (Å²) in [7, 11) is 0. The first-order valence-corrected chi connectivity index (χ1v) is 8.71. The van der Waals surface area contributed by atoms with Crippen LogP contribution in [0.25, 0.3) is 0 Å². The quantitative estimate of drug-likeness (QED) is 0.516. The molecule has 0 fully saturated rings. The number of hydrogen-bond donors (Lipinski definition) is 3. The third kappa shape index (κ3) is 3.48. The maximum atomic E-state index is 12.9. The van der Waals surface area contributed by atoms with Crippen LogP contribution >= 0.6 is 0 Å². The number of hydrogen-bond acceptors (Lipinski definition) is 5. The maximum absolute atomic E-state index is 12.9. The van der Waals surface area contributed by atoms with Crippen LogP contribution in [-0.4, -0.2) is 38.6 Å². The highest BCUT2D eigenvalue weighted by molar-refractivity contribution is 6.01. The minimum absolute atomic E-state index is 0.0841. The summed E-state index contributed by atoms with van der Waals surface area (Å²) in [6.45, 7) is 1.30. The summed E-state index contributed by atoms with van der Waals surface area (Å²) in [6.07, 6.45) is 2.22. The molecule has 3 N–H and O–H groups in total. The monoisotopic (exact) mass is 384 g/mol. The van der Waals surface area contributed by atoms with Crippen molar-refractivity contribution in [2.75, 3.05) is 0 Å². The van der Waals surface area contributed by atoms with E-state index >= 15 is 0 Å². The number of benzene rings is 1. The summed E-state index contributed by atoms with van der Waals surface area (Å²) in [5.41, 5.74) is -3.16. The maximum Gasteiger partial charge on any atom is 0.336 e. The van der Waals surface area contributed by atoms with Gasteiger partial charge in [0.25, 0.3) is 0 Å². The van der Waals surface area contributed by atoms with E-state index in [1.165, 1.54) is 19.1 Å². The van der Waals surface area contributed by atoms with Crippen LogP contribution in [0.4, 0.5) is 0 Å². The van der Waals surface area contributed by atoms with E-state index < -0.39 is 41.1 Å². The third-order valence-corrected chi connectivity index (χ3v) is 5.07. The van der Waals surface area contributed by atoms with Gasteiger partial charge in [0.1, 0.15) is 5.76 Å². The molecule has 1 heterocycles. The number of carbonyl (C=O) groups is 3. The molecule has 1 aromatic heterocycles. The predicted molar refractivity (Wildman–Crippen MR) is 97.9 cm³/mol. The first kappa shape index (κ1) is 19.6. The number of aliphatic hydroxyl groups is 1. The lowest BCUT2D eigenvalue weighted by Gasteiger charge is -2.38. The van der Waals surface area contributed by atoms with Crippen LogP contribution < -0.4 is 0 Å². The number of carboxylic acid groups (broad SMARTS) is 2. The van der Waals surface area contributed by atoms with Crippen LogP contribution in [-0.2, 0) is 16.0 Å². The molecule has 0 spiro atoms. The second-order valence-corrected chi connectivity index (χ2v) is 7.26. The summed E-state index contributed by atoms with van der Waals surface area (Å²) in [5, 5.41) is 29.5. The van der Waals surface area contributed by atoms with Gasteiger partial charge in [-0.05, 0) is 24.6 Å². The standard InChI is InChI=1S/C21H20O7/c1-20(18(23)24)10-9-15(21(27,12-20)19(25)26)17(22)16-8-7-14(28-16)11-13-5-3-2-4-6-13/h2-10,15,27H,11-12H2,1H3,(H,23,24)(H,25,26). The molecule has 28 heavy (non-hydrogen) atoms. The second kappa shape index (κ2) is 7.09. The number of Topliss-reactive ketones (excluding diaryl/α,β-unsaturated/α-hetero) is 1. The molecule has 0 amide bonds. The van der Waals surface area contributed by atoms with Gasteiger partial charge in [-0.25, -0.2) is 4.79 Å². The largest absolute Gasteiger partial charge is 0.481 e. The van der Waals surface area contributed by atoms with Gasteiger partial charge in [0.2, 0.25) is 5.78 Å². The predicted octanol–water partition coefficient (Wildman–Crippen LogP) is 2.54. The highest BCUT2D eigenvalue weighted by atomic mass is 16.4. The van der Waals surface area contributed by atoms with Crippen LogP contribution in [0.2, 0.25) is 0 Å². The molecular formula is C21H20O7. The van der Waals surface area contributed by atoms with Gasteiger partial charge < -0.3 is 19.7 Å². The van der Waals surface area contributed by atoms with Crippen LogP contribution in [0, 0.1) is 11.3 Å². The van der Waals surface area contributed by atoms with E-state index in [2.05, 4.69) is 0 Å². The Morgan fingerprint density at radius 2 is 1.75 bits per heavy atom. The molecule has 7 heteroatoms. The molecule has 3 unspecified atom stereocenters. The van der Waals surface area contributed by atoms with E-state index in [1.54, 1.807) is 6.07 Å². The van der Waals surface area contributed by atoms with Gasteiger partial charge in [-0.3, -0.25) is 9.59 Å².